The molecule has 0 saturated heterocycles. The van der Waals surface area contributed by atoms with Crippen molar-refractivity contribution >= 4 is 62.3 Å². The molecule has 0 aliphatic rings. The third-order valence-electron chi connectivity index (χ3n) is 3.33. The monoisotopic (exact) mass is 384 g/mol. The number of hydrogen-bond donors (Lipinski definition) is 0. The summed E-state index contributed by atoms with van der Waals surface area (Å²) in [6, 6.07) is 10.4. The van der Waals surface area contributed by atoms with Crippen molar-refractivity contribution in [1.29, 1.82) is 0 Å². The Kier molecular flexibility index (Phi) is 4.78. The third-order valence-corrected chi connectivity index (χ3v) is 5.22. The van der Waals surface area contributed by atoms with Crippen LogP contribution in [0.1, 0.15) is 17.3 Å². The number of amides is 1. The number of carbonyl (C=O) groups excluding carboxylic acids is 1. The molecule has 23 heavy (non-hydrogen) atoms. The summed E-state index contributed by atoms with van der Waals surface area (Å²) in [5.41, 5.74) is 1.21. The van der Waals surface area contributed by atoms with Crippen LogP contribution in [-0.2, 0) is 6.54 Å². The minimum Gasteiger partial charge on any atom is -0.315 e. The summed E-state index contributed by atoms with van der Waals surface area (Å²) < 4.78 is 2.90. The standard InChI is InChI=1S/C16H11Cl3N2OS/c1-2-21-14-11(18)4-3-5-13(14)23-16(21)20-15(22)10-7-6-9(17)8-12(10)19/h3-8H,2H2,1H3. The second-order valence-corrected chi connectivity index (χ2v) is 7.02. The van der Waals surface area contributed by atoms with E-state index in [4.69, 9.17) is 34.8 Å². The minimum atomic E-state index is -0.406. The molecule has 0 bridgehead atoms. The maximum Gasteiger partial charge on any atom is 0.281 e. The van der Waals surface area contributed by atoms with Crippen LogP contribution >= 0.6 is 46.1 Å². The number of nitrogens with zero attached hydrogens (tertiary/aromatic N) is 2. The summed E-state index contributed by atoms with van der Waals surface area (Å²) >= 11 is 19.6. The number of aryl methyl sites for hydroxylation is 1. The van der Waals surface area contributed by atoms with E-state index in [-0.39, 0.29) is 5.02 Å². The van der Waals surface area contributed by atoms with Gasteiger partial charge in [-0.2, -0.15) is 4.99 Å². The highest BCUT2D eigenvalue weighted by Gasteiger charge is 2.13. The fraction of sp³-hybridized carbons (Fsp3) is 0.125. The van der Waals surface area contributed by atoms with E-state index in [1.807, 2.05) is 29.7 Å². The molecule has 7 heteroatoms. The van der Waals surface area contributed by atoms with E-state index in [2.05, 4.69) is 4.99 Å². The van der Waals surface area contributed by atoms with Crippen LogP contribution in [0.5, 0.6) is 0 Å². The molecule has 0 unspecified atom stereocenters. The van der Waals surface area contributed by atoms with Crippen molar-refractivity contribution in [3.05, 3.63) is 61.8 Å². The fourth-order valence-electron chi connectivity index (χ4n) is 2.28. The SMILES string of the molecule is CCn1c(=NC(=O)c2ccc(Cl)cc2Cl)sc2cccc(Cl)c21. The molecule has 0 radical (unpaired) electrons. The minimum absolute atomic E-state index is 0.286. The molecule has 0 atom stereocenters. The summed E-state index contributed by atoms with van der Waals surface area (Å²) in [4.78, 5) is 17.3. The molecule has 118 valence electrons. The van der Waals surface area contributed by atoms with Crippen LogP contribution in [-0.4, -0.2) is 10.5 Å². The molecule has 0 spiro atoms. The van der Waals surface area contributed by atoms with Crippen LogP contribution in [0.2, 0.25) is 15.1 Å². The lowest BCUT2D eigenvalue weighted by Crippen LogP contribution is -2.16. The highest BCUT2D eigenvalue weighted by atomic mass is 35.5. The van der Waals surface area contributed by atoms with E-state index in [0.29, 0.717) is 27.0 Å². The van der Waals surface area contributed by atoms with Gasteiger partial charge in [-0.05, 0) is 37.3 Å². The lowest BCUT2D eigenvalue weighted by Gasteiger charge is -2.02. The van der Waals surface area contributed by atoms with Gasteiger partial charge in [0.25, 0.3) is 5.91 Å². The van der Waals surface area contributed by atoms with E-state index in [9.17, 15) is 4.79 Å². The number of hydrogen-bond acceptors (Lipinski definition) is 2. The first-order valence-electron chi connectivity index (χ1n) is 6.83. The Labute approximate surface area is 151 Å². The second-order valence-electron chi connectivity index (χ2n) is 4.76. The summed E-state index contributed by atoms with van der Waals surface area (Å²) in [6.07, 6.45) is 0. The number of para-hydroxylation sites is 1. The lowest BCUT2D eigenvalue weighted by atomic mass is 10.2. The molecule has 1 amide bonds. The maximum absolute atomic E-state index is 12.4. The van der Waals surface area contributed by atoms with E-state index in [1.165, 1.54) is 17.4 Å². The predicted octanol–water partition coefficient (Wildman–Crippen LogP) is 5.42. The smallest absolute Gasteiger partial charge is 0.281 e. The first-order chi connectivity index (χ1) is 11.0. The lowest BCUT2D eigenvalue weighted by molar-refractivity contribution is 0.0998. The summed E-state index contributed by atoms with van der Waals surface area (Å²) in [7, 11) is 0. The number of halogens is 3. The van der Waals surface area contributed by atoms with Gasteiger partial charge in [0.15, 0.2) is 4.80 Å². The van der Waals surface area contributed by atoms with Crippen molar-refractivity contribution in [1.82, 2.24) is 4.57 Å². The molecular formula is C16H11Cl3N2OS. The quantitative estimate of drug-likeness (QED) is 0.579. The highest BCUT2D eigenvalue weighted by Crippen LogP contribution is 2.26. The molecule has 3 rings (SSSR count). The summed E-state index contributed by atoms with van der Waals surface area (Å²) in [6.45, 7) is 2.64. The number of aromatic nitrogens is 1. The summed E-state index contributed by atoms with van der Waals surface area (Å²) in [5, 5.41) is 1.40. The summed E-state index contributed by atoms with van der Waals surface area (Å²) in [5.74, 6) is -0.406. The first kappa shape index (κ1) is 16.5. The molecule has 0 aliphatic heterocycles. The topological polar surface area (TPSA) is 34.4 Å². The molecule has 3 nitrogen and oxygen atoms in total. The zero-order chi connectivity index (χ0) is 16.6. The first-order valence-corrected chi connectivity index (χ1v) is 8.78. The Hall–Kier alpha value is -1.33. The highest BCUT2D eigenvalue weighted by molar-refractivity contribution is 7.16. The Morgan fingerprint density at radius 1 is 1.17 bits per heavy atom. The van der Waals surface area contributed by atoms with E-state index >= 15 is 0 Å². The molecule has 0 fully saturated rings. The molecule has 2 aromatic carbocycles. The van der Waals surface area contributed by atoms with Crippen molar-refractivity contribution in [3.63, 3.8) is 0 Å². The van der Waals surface area contributed by atoms with E-state index < -0.39 is 5.91 Å². The zero-order valence-corrected chi connectivity index (χ0v) is 15.1. The van der Waals surface area contributed by atoms with Crippen molar-refractivity contribution in [2.24, 2.45) is 4.99 Å². The maximum atomic E-state index is 12.4. The Morgan fingerprint density at radius 2 is 1.96 bits per heavy atom. The molecule has 3 aromatic rings. The average molecular weight is 386 g/mol. The van der Waals surface area contributed by atoms with Gasteiger partial charge < -0.3 is 4.57 Å². The van der Waals surface area contributed by atoms with Gasteiger partial charge in [-0.3, -0.25) is 4.79 Å². The second kappa shape index (κ2) is 6.65. The number of rotatable bonds is 2. The van der Waals surface area contributed by atoms with Crippen LogP contribution in [0.4, 0.5) is 0 Å². The number of benzene rings is 2. The van der Waals surface area contributed by atoms with Crippen LogP contribution in [0.3, 0.4) is 0 Å². The Balaban J connectivity index is 2.17. The Bertz CT molecular complexity index is 975. The molecule has 1 heterocycles. The van der Waals surface area contributed by atoms with Crippen LogP contribution in [0.15, 0.2) is 41.4 Å². The van der Waals surface area contributed by atoms with Crippen molar-refractivity contribution in [2.45, 2.75) is 13.5 Å². The van der Waals surface area contributed by atoms with Gasteiger partial charge in [-0.25, -0.2) is 0 Å². The molecule has 0 N–H and O–H groups in total. The molecular weight excluding hydrogens is 375 g/mol. The van der Waals surface area contributed by atoms with Crippen LogP contribution in [0.25, 0.3) is 10.2 Å². The number of fused-ring (bicyclic) bond motifs is 1. The fourth-order valence-corrected chi connectivity index (χ4v) is 4.22. The van der Waals surface area contributed by atoms with Gasteiger partial charge in [0.1, 0.15) is 0 Å². The van der Waals surface area contributed by atoms with Crippen molar-refractivity contribution < 1.29 is 4.79 Å². The van der Waals surface area contributed by atoms with E-state index in [1.54, 1.807) is 12.1 Å². The van der Waals surface area contributed by atoms with Crippen molar-refractivity contribution in [3.8, 4) is 0 Å². The normalized spacial score (nSPS) is 12.1. The van der Waals surface area contributed by atoms with Crippen LogP contribution < -0.4 is 4.80 Å². The average Bonchev–Trinajstić information content (AvgIpc) is 2.85. The predicted molar refractivity (Wildman–Crippen MR) is 96.9 cm³/mol. The van der Waals surface area contributed by atoms with Gasteiger partial charge in [-0.15, -0.1) is 0 Å². The van der Waals surface area contributed by atoms with Gasteiger partial charge >= 0.3 is 0 Å². The van der Waals surface area contributed by atoms with Gasteiger partial charge in [-0.1, -0.05) is 52.2 Å². The van der Waals surface area contributed by atoms with Crippen molar-refractivity contribution in [2.75, 3.05) is 0 Å². The number of carbonyl (C=O) groups is 1. The number of thiazole rings is 1. The van der Waals surface area contributed by atoms with E-state index in [0.717, 1.165) is 10.2 Å². The molecule has 1 aromatic heterocycles. The largest absolute Gasteiger partial charge is 0.315 e. The van der Waals surface area contributed by atoms with Crippen LogP contribution in [0, 0.1) is 0 Å². The third kappa shape index (κ3) is 3.17. The van der Waals surface area contributed by atoms with Gasteiger partial charge in [0.2, 0.25) is 0 Å². The molecule has 0 aliphatic carbocycles. The van der Waals surface area contributed by atoms with Gasteiger partial charge in [0.05, 0.1) is 25.8 Å². The Morgan fingerprint density at radius 3 is 2.65 bits per heavy atom. The van der Waals surface area contributed by atoms with Gasteiger partial charge in [0, 0.05) is 11.6 Å². The molecule has 0 saturated carbocycles. The zero-order valence-electron chi connectivity index (χ0n) is 12.0.